The molecule has 0 unspecified atom stereocenters. The van der Waals surface area contributed by atoms with E-state index in [9.17, 15) is 12.3 Å². The first-order valence-electron chi connectivity index (χ1n) is 3.61. The first-order valence-corrected chi connectivity index (χ1v) is 5.91. The highest BCUT2D eigenvalue weighted by Gasteiger charge is 2.10. The maximum Gasteiger partial charge on any atom is 0.302 e. The van der Waals surface area contributed by atoms with E-state index < -0.39 is 16.0 Å². The molecule has 0 aliphatic carbocycles. The zero-order valence-electron chi connectivity index (χ0n) is 6.87. The van der Waals surface area contributed by atoms with Gasteiger partial charge >= 0.3 is 10.2 Å². The Hall–Kier alpha value is -0.390. The van der Waals surface area contributed by atoms with Crippen LogP contribution in [0.1, 0.15) is 5.56 Å². The van der Waals surface area contributed by atoms with Crippen LogP contribution >= 0.6 is 23.2 Å². The second kappa shape index (κ2) is 4.42. The van der Waals surface area contributed by atoms with Gasteiger partial charge in [0.05, 0.1) is 10.8 Å². The Labute approximate surface area is 91.1 Å². The van der Waals surface area contributed by atoms with Crippen LogP contribution in [0.15, 0.2) is 12.3 Å². The summed E-state index contributed by atoms with van der Waals surface area (Å²) >= 11 is 11.2. The summed E-state index contributed by atoms with van der Waals surface area (Å²) in [5, 5.41) is 0.471. The van der Waals surface area contributed by atoms with E-state index in [0.29, 0.717) is 5.56 Å². The molecule has 7 heteroatoms. The van der Waals surface area contributed by atoms with Crippen LogP contribution in [0.25, 0.3) is 0 Å². The Kier molecular flexibility index (Phi) is 3.69. The highest BCUT2D eigenvalue weighted by Crippen LogP contribution is 2.19. The summed E-state index contributed by atoms with van der Waals surface area (Å²) in [6.45, 7) is 0. The van der Waals surface area contributed by atoms with E-state index in [1.54, 1.807) is 0 Å². The number of hydrogen-bond acceptors (Lipinski definition) is 3. The van der Waals surface area contributed by atoms with E-state index in [4.69, 9.17) is 23.2 Å². The Morgan fingerprint density at radius 3 is 2.64 bits per heavy atom. The molecule has 0 aliphatic rings. The second-order valence-electron chi connectivity index (χ2n) is 2.59. The molecule has 0 fully saturated rings. The predicted molar refractivity (Wildman–Crippen MR) is 52.9 cm³/mol. The fraction of sp³-hybridized carbons (Fsp3) is 0.286. The van der Waals surface area contributed by atoms with E-state index >= 15 is 0 Å². The van der Waals surface area contributed by atoms with Crippen LogP contribution in [0.3, 0.4) is 0 Å². The number of hydrogen-bond donors (Lipinski definition) is 0. The van der Waals surface area contributed by atoms with Gasteiger partial charge < -0.3 is 0 Å². The molecule has 0 N–H and O–H groups in total. The number of halogens is 3. The molecule has 0 bridgehead atoms. The monoisotopic (exact) mass is 257 g/mol. The lowest BCUT2D eigenvalue weighted by Crippen LogP contribution is -2.02. The third-order valence-electron chi connectivity index (χ3n) is 1.52. The maximum atomic E-state index is 12.2. The normalized spacial score (nSPS) is 11.6. The van der Waals surface area contributed by atoms with Crippen molar-refractivity contribution < 1.29 is 12.3 Å². The highest BCUT2D eigenvalue weighted by molar-refractivity contribution is 7.86. The molecule has 1 rings (SSSR count). The molecule has 0 atom stereocenters. The van der Waals surface area contributed by atoms with Crippen LogP contribution in [0.2, 0.25) is 10.2 Å². The van der Waals surface area contributed by atoms with Gasteiger partial charge in [-0.05, 0) is 18.1 Å². The molecule has 0 amide bonds. The van der Waals surface area contributed by atoms with Crippen LogP contribution in [-0.2, 0) is 16.6 Å². The zero-order chi connectivity index (χ0) is 10.8. The van der Waals surface area contributed by atoms with E-state index in [1.165, 1.54) is 12.3 Å². The van der Waals surface area contributed by atoms with Gasteiger partial charge in [0.25, 0.3) is 0 Å². The molecular formula is C7H6Cl2FNO2S. The Balaban J connectivity index is 2.81. The van der Waals surface area contributed by atoms with Crippen molar-refractivity contribution in [3.63, 3.8) is 0 Å². The van der Waals surface area contributed by atoms with Gasteiger partial charge in [-0.3, -0.25) is 0 Å². The molecule has 0 aliphatic heterocycles. The number of pyridine rings is 1. The molecular weight excluding hydrogens is 252 g/mol. The standard InChI is InChI=1S/C7H6Cl2FNO2S/c8-6-4-11-7(9)3-5(6)1-2-14(10,12)13/h3-4H,1-2H2. The van der Waals surface area contributed by atoms with E-state index in [-0.39, 0.29) is 16.6 Å². The summed E-state index contributed by atoms with van der Waals surface area (Å²) in [5.74, 6) is -0.604. The molecule has 0 spiro atoms. The van der Waals surface area contributed by atoms with Crippen LogP contribution in [0, 0.1) is 0 Å². The summed E-state index contributed by atoms with van der Waals surface area (Å²) < 4.78 is 32.7. The first kappa shape index (κ1) is 11.7. The van der Waals surface area contributed by atoms with Crippen molar-refractivity contribution in [2.45, 2.75) is 6.42 Å². The number of aryl methyl sites for hydroxylation is 1. The van der Waals surface area contributed by atoms with Crippen molar-refractivity contribution >= 4 is 33.4 Å². The van der Waals surface area contributed by atoms with Gasteiger partial charge in [0.1, 0.15) is 5.15 Å². The first-order chi connectivity index (χ1) is 6.38. The summed E-state index contributed by atoms with van der Waals surface area (Å²) in [4.78, 5) is 3.67. The largest absolute Gasteiger partial charge is 0.302 e. The van der Waals surface area contributed by atoms with Crippen molar-refractivity contribution in [2.24, 2.45) is 0 Å². The molecule has 78 valence electrons. The fourth-order valence-corrected chi connectivity index (χ4v) is 1.72. The summed E-state index contributed by atoms with van der Waals surface area (Å²) in [6.07, 6.45) is 1.28. The van der Waals surface area contributed by atoms with Crippen LogP contribution in [0.4, 0.5) is 3.89 Å². The predicted octanol–water partition coefficient (Wildman–Crippen LogP) is 2.23. The van der Waals surface area contributed by atoms with Crippen molar-refractivity contribution in [3.8, 4) is 0 Å². The lowest BCUT2D eigenvalue weighted by molar-refractivity contribution is 0.551. The minimum Gasteiger partial charge on any atom is -0.243 e. The Morgan fingerprint density at radius 1 is 1.43 bits per heavy atom. The Bertz CT molecular complexity index is 435. The van der Waals surface area contributed by atoms with Crippen LogP contribution in [0.5, 0.6) is 0 Å². The van der Waals surface area contributed by atoms with E-state index in [2.05, 4.69) is 4.98 Å². The fourth-order valence-electron chi connectivity index (χ4n) is 0.875. The summed E-state index contributed by atoms with van der Waals surface area (Å²) in [7, 11) is -4.47. The molecule has 1 heterocycles. The molecule has 0 saturated carbocycles. The van der Waals surface area contributed by atoms with Gasteiger partial charge in [-0.1, -0.05) is 23.2 Å². The maximum absolute atomic E-state index is 12.2. The summed E-state index contributed by atoms with van der Waals surface area (Å²) in [5.41, 5.74) is 0.466. The summed E-state index contributed by atoms with van der Waals surface area (Å²) in [6, 6.07) is 1.41. The zero-order valence-corrected chi connectivity index (χ0v) is 9.20. The topological polar surface area (TPSA) is 47.0 Å². The molecule has 0 saturated heterocycles. The van der Waals surface area contributed by atoms with Crippen LogP contribution in [-0.4, -0.2) is 19.2 Å². The van der Waals surface area contributed by atoms with Crippen molar-refractivity contribution in [3.05, 3.63) is 28.0 Å². The van der Waals surface area contributed by atoms with Gasteiger partial charge in [0.2, 0.25) is 0 Å². The third-order valence-corrected chi connectivity index (χ3v) is 2.76. The average molecular weight is 258 g/mol. The minimum atomic E-state index is -4.47. The number of rotatable bonds is 3. The highest BCUT2D eigenvalue weighted by atomic mass is 35.5. The lowest BCUT2D eigenvalue weighted by atomic mass is 10.2. The third kappa shape index (κ3) is 3.77. The van der Waals surface area contributed by atoms with Gasteiger partial charge in [-0.2, -0.15) is 8.42 Å². The van der Waals surface area contributed by atoms with Gasteiger partial charge in [0.15, 0.2) is 0 Å². The van der Waals surface area contributed by atoms with Crippen molar-refractivity contribution in [1.82, 2.24) is 4.98 Å². The minimum absolute atomic E-state index is 0.0140. The van der Waals surface area contributed by atoms with E-state index in [0.717, 1.165) is 0 Å². The molecule has 1 aromatic heterocycles. The SMILES string of the molecule is O=S(=O)(F)CCc1cc(Cl)ncc1Cl. The second-order valence-corrected chi connectivity index (χ2v) is 4.87. The quantitative estimate of drug-likeness (QED) is 0.617. The average Bonchev–Trinajstić information content (AvgIpc) is 2.05. The van der Waals surface area contributed by atoms with Gasteiger partial charge in [-0.15, -0.1) is 3.89 Å². The van der Waals surface area contributed by atoms with Gasteiger partial charge in [-0.25, -0.2) is 4.98 Å². The van der Waals surface area contributed by atoms with Crippen molar-refractivity contribution in [1.29, 1.82) is 0 Å². The van der Waals surface area contributed by atoms with Crippen LogP contribution < -0.4 is 0 Å². The smallest absolute Gasteiger partial charge is 0.243 e. The number of nitrogens with zero attached hydrogens (tertiary/aromatic N) is 1. The molecule has 14 heavy (non-hydrogen) atoms. The number of aromatic nitrogens is 1. The molecule has 1 aromatic rings. The molecule has 0 radical (unpaired) electrons. The lowest BCUT2D eigenvalue weighted by Gasteiger charge is -2.01. The molecule has 3 nitrogen and oxygen atoms in total. The molecule has 0 aromatic carbocycles. The Morgan fingerprint density at radius 2 is 2.07 bits per heavy atom. The van der Waals surface area contributed by atoms with Gasteiger partial charge in [0, 0.05) is 6.20 Å². The van der Waals surface area contributed by atoms with E-state index in [1.807, 2.05) is 0 Å². The van der Waals surface area contributed by atoms with Crippen molar-refractivity contribution in [2.75, 3.05) is 5.75 Å².